The molecular formula is C14H21Cl2N3. The second-order valence-corrected chi connectivity index (χ2v) is 6.14. The molecular weight excluding hydrogens is 281 g/mol. The van der Waals surface area contributed by atoms with E-state index in [1.54, 1.807) is 7.05 Å². The minimum atomic E-state index is -0.0239. The van der Waals surface area contributed by atoms with Gasteiger partial charge in [-0.3, -0.25) is 4.99 Å². The van der Waals surface area contributed by atoms with Crippen molar-refractivity contribution in [1.82, 2.24) is 10.6 Å². The average Bonchev–Trinajstić information content (AvgIpc) is 2.30. The van der Waals surface area contributed by atoms with Crippen molar-refractivity contribution in [3.8, 4) is 0 Å². The van der Waals surface area contributed by atoms with E-state index >= 15 is 0 Å². The van der Waals surface area contributed by atoms with Gasteiger partial charge < -0.3 is 10.6 Å². The van der Waals surface area contributed by atoms with E-state index in [-0.39, 0.29) is 5.54 Å². The van der Waals surface area contributed by atoms with E-state index in [0.29, 0.717) is 10.0 Å². The Morgan fingerprint density at radius 2 is 1.79 bits per heavy atom. The lowest BCUT2D eigenvalue weighted by Gasteiger charge is -2.23. The standard InChI is InChI=1S/C14H21Cl2N3/c1-14(2,3)19-13(17-4)18-9-8-10-11(15)6-5-7-12(10)16/h5-7H,8-9H2,1-4H3,(H2,17,18,19). The first kappa shape index (κ1) is 16.1. The van der Waals surface area contributed by atoms with Crippen molar-refractivity contribution < 1.29 is 0 Å². The summed E-state index contributed by atoms with van der Waals surface area (Å²) >= 11 is 12.3. The average molecular weight is 302 g/mol. The number of hydrogen-bond donors (Lipinski definition) is 2. The van der Waals surface area contributed by atoms with Gasteiger partial charge in [0.1, 0.15) is 0 Å². The number of guanidine groups is 1. The van der Waals surface area contributed by atoms with Crippen LogP contribution in [0.2, 0.25) is 10.0 Å². The normalized spacial score (nSPS) is 12.4. The summed E-state index contributed by atoms with van der Waals surface area (Å²) in [4.78, 5) is 4.18. The Kier molecular flexibility index (Phi) is 5.95. The van der Waals surface area contributed by atoms with Crippen molar-refractivity contribution in [2.75, 3.05) is 13.6 Å². The summed E-state index contributed by atoms with van der Waals surface area (Å²) in [7, 11) is 1.75. The molecule has 0 amide bonds. The maximum Gasteiger partial charge on any atom is 0.191 e. The molecule has 0 saturated heterocycles. The lowest BCUT2D eigenvalue weighted by molar-refractivity contribution is 0.501. The fourth-order valence-electron chi connectivity index (χ4n) is 1.61. The smallest absolute Gasteiger partial charge is 0.191 e. The molecule has 0 saturated carbocycles. The molecule has 3 nitrogen and oxygen atoms in total. The van der Waals surface area contributed by atoms with Gasteiger partial charge >= 0.3 is 0 Å². The van der Waals surface area contributed by atoms with Crippen molar-refractivity contribution in [1.29, 1.82) is 0 Å². The topological polar surface area (TPSA) is 36.4 Å². The Bertz CT molecular complexity index is 430. The molecule has 0 aromatic heterocycles. The van der Waals surface area contributed by atoms with Crippen molar-refractivity contribution in [2.24, 2.45) is 4.99 Å². The Morgan fingerprint density at radius 1 is 1.21 bits per heavy atom. The minimum absolute atomic E-state index is 0.0239. The van der Waals surface area contributed by atoms with E-state index in [0.717, 1.165) is 24.5 Å². The van der Waals surface area contributed by atoms with Gasteiger partial charge in [-0.05, 0) is 44.9 Å². The van der Waals surface area contributed by atoms with E-state index in [2.05, 4.69) is 36.4 Å². The van der Waals surface area contributed by atoms with Crippen LogP contribution in [0.4, 0.5) is 0 Å². The molecule has 0 unspecified atom stereocenters. The Morgan fingerprint density at radius 3 is 2.26 bits per heavy atom. The van der Waals surface area contributed by atoms with E-state index < -0.39 is 0 Å². The van der Waals surface area contributed by atoms with Crippen molar-refractivity contribution >= 4 is 29.2 Å². The molecule has 0 bridgehead atoms. The highest BCUT2D eigenvalue weighted by Crippen LogP contribution is 2.24. The second-order valence-electron chi connectivity index (χ2n) is 5.32. The summed E-state index contributed by atoms with van der Waals surface area (Å²) in [6.45, 7) is 6.99. The molecule has 0 heterocycles. The number of rotatable bonds is 3. The van der Waals surface area contributed by atoms with Crippen LogP contribution >= 0.6 is 23.2 Å². The fourth-order valence-corrected chi connectivity index (χ4v) is 2.20. The number of aliphatic imine (C=N–C) groups is 1. The molecule has 0 spiro atoms. The van der Waals surface area contributed by atoms with Crippen LogP contribution in [0.1, 0.15) is 26.3 Å². The number of nitrogens with one attached hydrogen (secondary N) is 2. The maximum absolute atomic E-state index is 6.13. The zero-order valence-electron chi connectivity index (χ0n) is 11.8. The van der Waals surface area contributed by atoms with Crippen LogP contribution < -0.4 is 10.6 Å². The van der Waals surface area contributed by atoms with E-state index in [1.165, 1.54) is 0 Å². The van der Waals surface area contributed by atoms with Gasteiger partial charge in [0.2, 0.25) is 0 Å². The van der Waals surface area contributed by atoms with Crippen LogP contribution in [0, 0.1) is 0 Å². The third-order valence-electron chi connectivity index (χ3n) is 2.45. The maximum atomic E-state index is 6.13. The molecule has 1 aromatic rings. The van der Waals surface area contributed by atoms with Gasteiger partial charge in [0.25, 0.3) is 0 Å². The summed E-state index contributed by atoms with van der Waals surface area (Å²) < 4.78 is 0. The van der Waals surface area contributed by atoms with Crippen LogP contribution in [0.3, 0.4) is 0 Å². The Balaban J connectivity index is 2.54. The fraction of sp³-hybridized carbons (Fsp3) is 0.500. The monoisotopic (exact) mass is 301 g/mol. The molecule has 106 valence electrons. The first-order valence-electron chi connectivity index (χ1n) is 6.25. The molecule has 1 aromatic carbocycles. The third-order valence-corrected chi connectivity index (χ3v) is 3.15. The summed E-state index contributed by atoms with van der Waals surface area (Å²) in [5, 5.41) is 7.95. The van der Waals surface area contributed by atoms with Gasteiger partial charge in [0.15, 0.2) is 5.96 Å². The molecule has 0 aliphatic rings. The van der Waals surface area contributed by atoms with E-state index in [1.807, 2.05) is 18.2 Å². The van der Waals surface area contributed by atoms with E-state index in [9.17, 15) is 0 Å². The molecule has 0 radical (unpaired) electrons. The summed E-state index contributed by atoms with van der Waals surface area (Å²) in [6, 6.07) is 5.55. The summed E-state index contributed by atoms with van der Waals surface area (Å²) in [6.07, 6.45) is 0.753. The van der Waals surface area contributed by atoms with Crippen molar-refractivity contribution in [3.05, 3.63) is 33.8 Å². The highest BCUT2D eigenvalue weighted by Gasteiger charge is 2.12. The number of halogens is 2. The van der Waals surface area contributed by atoms with Crippen LogP contribution in [0.25, 0.3) is 0 Å². The zero-order chi connectivity index (χ0) is 14.5. The van der Waals surface area contributed by atoms with Gasteiger partial charge in [0, 0.05) is 29.2 Å². The zero-order valence-corrected chi connectivity index (χ0v) is 13.4. The predicted octanol–water partition coefficient (Wildman–Crippen LogP) is 3.50. The predicted molar refractivity (Wildman–Crippen MR) is 84.4 cm³/mol. The second kappa shape index (κ2) is 7.01. The van der Waals surface area contributed by atoms with Gasteiger partial charge in [-0.15, -0.1) is 0 Å². The number of nitrogens with zero attached hydrogens (tertiary/aromatic N) is 1. The molecule has 5 heteroatoms. The van der Waals surface area contributed by atoms with Crippen molar-refractivity contribution in [3.63, 3.8) is 0 Å². The largest absolute Gasteiger partial charge is 0.356 e. The number of hydrogen-bond acceptors (Lipinski definition) is 1. The summed E-state index contributed by atoms with van der Waals surface area (Å²) in [5.41, 5.74) is 0.939. The molecule has 2 N–H and O–H groups in total. The van der Waals surface area contributed by atoms with Gasteiger partial charge in [0.05, 0.1) is 0 Å². The number of benzene rings is 1. The van der Waals surface area contributed by atoms with Crippen LogP contribution in [0.15, 0.2) is 23.2 Å². The van der Waals surface area contributed by atoms with Gasteiger partial charge in [-0.2, -0.15) is 0 Å². The van der Waals surface area contributed by atoms with Crippen LogP contribution in [0.5, 0.6) is 0 Å². The van der Waals surface area contributed by atoms with Crippen molar-refractivity contribution in [2.45, 2.75) is 32.7 Å². The highest BCUT2D eigenvalue weighted by atomic mass is 35.5. The van der Waals surface area contributed by atoms with E-state index in [4.69, 9.17) is 23.2 Å². The quantitative estimate of drug-likeness (QED) is 0.662. The lowest BCUT2D eigenvalue weighted by Crippen LogP contribution is -2.48. The molecule has 0 aliphatic carbocycles. The van der Waals surface area contributed by atoms with Crippen LogP contribution in [-0.4, -0.2) is 25.1 Å². The lowest BCUT2D eigenvalue weighted by atomic mass is 10.1. The first-order valence-corrected chi connectivity index (χ1v) is 7.01. The SMILES string of the molecule is CN=C(NCCc1c(Cl)cccc1Cl)NC(C)(C)C. The molecule has 1 rings (SSSR count). The molecule has 0 atom stereocenters. The summed E-state index contributed by atoms with van der Waals surface area (Å²) in [5.74, 6) is 0.774. The molecule has 0 aliphatic heterocycles. The molecule has 0 fully saturated rings. The van der Waals surface area contributed by atoms with Crippen LogP contribution in [-0.2, 0) is 6.42 Å². The minimum Gasteiger partial charge on any atom is -0.356 e. The first-order chi connectivity index (χ1) is 8.83. The Hall–Kier alpha value is -0.930. The van der Waals surface area contributed by atoms with Gasteiger partial charge in [-0.1, -0.05) is 29.3 Å². The highest BCUT2D eigenvalue weighted by molar-refractivity contribution is 6.35. The third kappa shape index (κ3) is 5.70. The van der Waals surface area contributed by atoms with Gasteiger partial charge in [-0.25, -0.2) is 0 Å². The Labute approximate surface area is 125 Å². The molecule has 19 heavy (non-hydrogen) atoms.